The average Bonchev–Trinajstić information content (AvgIpc) is 2.58. The number of aromatic hydroxyl groups is 1. The monoisotopic (exact) mass is 320 g/mol. The van der Waals surface area contributed by atoms with E-state index in [9.17, 15) is 9.90 Å². The van der Waals surface area contributed by atoms with Crippen molar-refractivity contribution in [3.8, 4) is 5.75 Å². The molecule has 1 aromatic rings. The molecular weight excluding hydrogens is 292 g/mol. The number of nitrogens with two attached hydrogens (primary N) is 1. The first-order chi connectivity index (χ1) is 11.1. The first-order valence-corrected chi connectivity index (χ1v) is 8.90. The van der Waals surface area contributed by atoms with Crippen molar-refractivity contribution in [2.24, 2.45) is 11.7 Å². The van der Waals surface area contributed by atoms with Gasteiger partial charge >= 0.3 is 0 Å². The SMILES string of the molecule is CCC1CCC(OCC2C(N)CCc3ccc(O)c(=O)n32)CC1. The maximum atomic E-state index is 12.3. The van der Waals surface area contributed by atoms with Crippen molar-refractivity contribution in [2.75, 3.05) is 6.61 Å². The number of hydrogen-bond donors (Lipinski definition) is 2. The van der Waals surface area contributed by atoms with Gasteiger partial charge in [0.1, 0.15) is 0 Å². The zero-order chi connectivity index (χ0) is 16.4. The molecule has 0 spiro atoms. The number of hydrogen-bond acceptors (Lipinski definition) is 4. The third-order valence-electron chi connectivity index (χ3n) is 5.61. The van der Waals surface area contributed by atoms with Gasteiger partial charge in [-0.15, -0.1) is 0 Å². The molecule has 1 fully saturated rings. The molecule has 5 nitrogen and oxygen atoms in total. The van der Waals surface area contributed by atoms with Crippen LogP contribution in [0, 0.1) is 5.92 Å². The largest absolute Gasteiger partial charge is 0.503 e. The van der Waals surface area contributed by atoms with E-state index in [0.29, 0.717) is 6.61 Å². The zero-order valence-corrected chi connectivity index (χ0v) is 13.9. The molecule has 1 aromatic heterocycles. The van der Waals surface area contributed by atoms with Gasteiger partial charge in [0.2, 0.25) is 0 Å². The van der Waals surface area contributed by atoms with Crippen LogP contribution in [-0.2, 0) is 11.2 Å². The summed E-state index contributed by atoms with van der Waals surface area (Å²) in [5, 5.41) is 9.74. The highest BCUT2D eigenvalue weighted by Crippen LogP contribution is 2.30. The summed E-state index contributed by atoms with van der Waals surface area (Å²) in [6.45, 7) is 2.71. The Morgan fingerprint density at radius 2 is 2.00 bits per heavy atom. The molecule has 0 bridgehead atoms. The summed E-state index contributed by atoms with van der Waals surface area (Å²) >= 11 is 0. The van der Waals surface area contributed by atoms with Crippen LogP contribution in [0.1, 0.15) is 57.2 Å². The summed E-state index contributed by atoms with van der Waals surface area (Å²) in [5.74, 6) is 0.628. The molecule has 2 aliphatic rings. The first-order valence-electron chi connectivity index (χ1n) is 8.90. The van der Waals surface area contributed by atoms with Crippen molar-refractivity contribution in [1.82, 2.24) is 4.57 Å². The van der Waals surface area contributed by atoms with Gasteiger partial charge in [0, 0.05) is 11.7 Å². The number of ether oxygens (including phenoxy) is 1. The van der Waals surface area contributed by atoms with E-state index in [-0.39, 0.29) is 29.5 Å². The lowest BCUT2D eigenvalue weighted by molar-refractivity contribution is -0.00599. The van der Waals surface area contributed by atoms with Crippen molar-refractivity contribution in [3.05, 3.63) is 28.2 Å². The van der Waals surface area contributed by atoms with E-state index < -0.39 is 0 Å². The van der Waals surface area contributed by atoms with Crippen LogP contribution in [-0.4, -0.2) is 28.4 Å². The molecule has 1 aliphatic carbocycles. The number of pyridine rings is 1. The average molecular weight is 320 g/mol. The molecule has 0 saturated heterocycles. The summed E-state index contributed by atoms with van der Waals surface area (Å²) in [7, 11) is 0. The van der Waals surface area contributed by atoms with Crippen LogP contribution in [0.25, 0.3) is 0 Å². The molecule has 5 heteroatoms. The van der Waals surface area contributed by atoms with Crippen LogP contribution >= 0.6 is 0 Å². The van der Waals surface area contributed by atoms with E-state index in [4.69, 9.17) is 10.5 Å². The third-order valence-corrected chi connectivity index (χ3v) is 5.61. The minimum Gasteiger partial charge on any atom is -0.503 e. The Morgan fingerprint density at radius 1 is 1.26 bits per heavy atom. The number of aromatic nitrogens is 1. The predicted molar refractivity (Wildman–Crippen MR) is 89.7 cm³/mol. The number of nitrogens with zero attached hydrogens (tertiary/aromatic N) is 1. The van der Waals surface area contributed by atoms with Gasteiger partial charge in [-0.25, -0.2) is 0 Å². The maximum absolute atomic E-state index is 12.3. The Labute approximate surface area is 137 Å². The van der Waals surface area contributed by atoms with Crippen molar-refractivity contribution in [1.29, 1.82) is 0 Å². The van der Waals surface area contributed by atoms with Gasteiger partial charge < -0.3 is 20.1 Å². The molecule has 2 heterocycles. The molecule has 3 N–H and O–H groups in total. The Bertz CT molecular complexity index is 590. The van der Waals surface area contributed by atoms with Gasteiger partial charge in [-0.05, 0) is 56.6 Å². The predicted octanol–water partition coefficient (Wildman–Crippen LogP) is 2.35. The quantitative estimate of drug-likeness (QED) is 0.893. The number of fused-ring (bicyclic) bond motifs is 1. The molecule has 0 amide bonds. The van der Waals surface area contributed by atoms with Crippen molar-refractivity contribution in [2.45, 2.75) is 70.1 Å². The van der Waals surface area contributed by atoms with Gasteiger partial charge in [-0.3, -0.25) is 4.79 Å². The summed E-state index contributed by atoms with van der Waals surface area (Å²) in [5.41, 5.74) is 6.85. The second-order valence-electron chi connectivity index (χ2n) is 7.04. The molecule has 128 valence electrons. The van der Waals surface area contributed by atoms with Crippen LogP contribution in [0.2, 0.25) is 0 Å². The molecule has 23 heavy (non-hydrogen) atoms. The fourth-order valence-electron chi connectivity index (χ4n) is 3.99. The smallest absolute Gasteiger partial charge is 0.293 e. The minimum atomic E-state index is -0.346. The second-order valence-corrected chi connectivity index (χ2v) is 7.04. The lowest BCUT2D eigenvalue weighted by Crippen LogP contribution is -2.45. The van der Waals surface area contributed by atoms with Crippen LogP contribution in [0.4, 0.5) is 0 Å². The standard InChI is InChI=1S/C18H28N2O3/c1-2-12-3-7-14(8-4-12)23-11-16-15(19)9-5-13-6-10-17(21)18(22)20(13)16/h6,10,12,14-16,21H,2-5,7-9,11,19H2,1H3. The van der Waals surface area contributed by atoms with Gasteiger partial charge in [0.05, 0.1) is 18.8 Å². The molecule has 1 saturated carbocycles. The highest BCUT2D eigenvalue weighted by Gasteiger charge is 2.30. The normalized spacial score (nSPS) is 30.9. The summed E-state index contributed by atoms with van der Waals surface area (Å²) in [4.78, 5) is 12.3. The zero-order valence-electron chi connectivity index (χ0n) is 13.9. The fourth-order valence-corrected chi connectivity index (χ4v) is 3.99. The summed E-state index contributed by atoms with van der Waals surface area (Å²) in [6, 6.07) is 3.02. The van der Waals surface area contributed by atoms with E-state index in [1.807, 2.05) is 6.07 Å². The van der Waals surface area contributed by atoms with Gasteiger partial charge in [-0.2, -0.15) is 0 Å². The Morgan fingerprint density at radius 3 is 2.70 bits per heavy atom. The molecular formula is C18H28N2O3. The third kappa shape index (κ3) is 3.45. The molecule has 1 aliphatic heterocycles. The molecule has 0 aromatic carbocycles. The van der Waals surface area contributed by atoms with E-state index in [1.54, 1.807) is 4.57 Å². The van der Waals surface area contributed by atoms with Crippen LogP contribution < -0.4 is 11.3 Å². The summed E-state index contributed by atoms with van der Waals surface area (Å²) in [6.07, 6.45) is 7.82. The minimum absolute atomic E-state index is 0.103. The summed E-state index contributed by atoms with van der Waals surface area (Å²) < 4.78 is 7.77. The van der Waals surface area contributed by atoms with Crippen molar-refractivity contribution >= 4 is 0 Å². The van der Waals surface area contributed by atoms with E-state index in [1.165, 1.54) is 25.3 Å². The molecule has 3 rings (SSSR count). The first kappa shape index (κ1) is 16.5. The Balaban J connectivity index is 1.69. The van der Waals surface area contributed by atoms with Crippen molar-refractivity contribution < 1.29 is 9.84 Å². The highest BCUT2D eigenvalue weighted by molar-refractivity contribution is 5.23. The highest BCUT2D eigenvalue weighted by atomic mass is 16.5. The lowest BCUT2D eigenvalue weighted by Gasteiger charge is -2.35. The number of rotatable bonds is 4. The van der Waals surface area contributed by atoms with E-state index in [2.05, 4.69) is 6.92 Å². The Kier molecular flexibility index (Phi) is 5.07. The van der Waals surface area contributed by atoms with Crippen LogP contribution in [0.15, 0.2) is 16.9 Å². The fraction of sp³-hybridized carbons (Fsp3) is 0.722. The van der Waals surface area contributed by atoms with Gasteiger partial charge in [0.15, 0.2) is 5.75 Å². The topological polar surface area (TPSA) is 77.5 Å². The molecule has 0 radical (unpaired) electrons. The maximum Gasteiger partial charge on any atom is 0.293 e. The van der Waals surface area contributed by atoms with Gasteiger partial charge in [-0.1, -0.05) is 13.3 Å². The number of aryl methyl sites for hydroxylation is 1. The lowest BCUT2D eigenvalue weighted by atomic mass is 9.86. The van der Waals surface area contributed by atoms with E-state index in [0.717, 1.165) is 37.3 Å². The Hall–Kier alpha value is -1.33. The van der Waals surface area contributed by atoms with E-state index >= 15 is 0 Å². The van der Waals surface area contributed by atoms with Gasteiger partial charge in [0.25, 0.3) is 5.56 Å². The molecule has 2 unspecified atom stereocenters. The van der Waals surface area contributed by atoms with Crippen molar-refractivity contribution in [3.63, 3.8) is 0 Å². The van der Waals surface area contributed by atoms with Crippen LogP contribution in [0.3, 0.4) is 0 Å². The second kappa shape index (κ2) is 7.05. The van der Waals surface area contributed by atoms with Crippen LogP contribution in [0.5, 0.6) is 5.75 Å². The molecule has 2 atom stereocenters.